The van der Waals surface area contributed by atoms with E-state index in [1.54, 1.807) is 10.7 Å². The highest BCUT2D eigenvalue weighted by molar-refractivity contribution is 5.93. The number of carboxylic acid groups (broad SMARTS) is 1. The van der Waals surface area contributed by atoms with Gasteiger partial charge in [0.2, 0.25) is 0 Å². The summed E-state index contributed by atoms with van der Waals surface area (Å²) >= 11 is 0. The van der Waals surface area contributed by atoms with Crippen LogP contribution in [0.25, 0.3) is 0 Å². The molecule has 2 rings (SSSR count). The highest BCUT2D eigenvalue weighted by atomic mass is 16.5. The van der Waals surface area contributed by atoms with Crippen molar-refractivity contribution in [3.05, 3.63) is 17.5 Å². The van der Waals surface area contributed by atoms with Crippen LogP contribution in [0.15, 0.2) is 6.07 Å². The molecule has 2 N–H and O–H groups in total. The van der Waals surface area contributed by atoms with Crippen LogP contribution >= 0.6 is 0 Å². The zero-order valence-corrected chi connectivity index (χ0v) is 12.4. The molecule has 0 bridgehead atoms. The van der Waals surface area contributed by atoms with Crippen molar-refractivity contribution in [2.45, 2.75) is 33.2 Å². The fraction of sp³-hybridized carbons (Fsp3) is 0.643. The molecule has 1 aromatic heterocycles. The summed E-state index contributed by atoms with van der Waals surface area (Å²) in [5.74, 6) is -1.17. The molecule has 0 atom stereocenters. The van der Waals surface area contributed by atoms with Gasteiger partial charge in [0.15, 0.2) is 0 Å². The lowest BCUT2D eigenvalue weighted by Crippen LogP contribution is -2.46. The summed E-state index contributed by atoms with van der Waals surface area (Å²) in [7, 11) is 0. The Labute approximate surface area is 123 Å². The molecular formula is C14H21N3O4. The first-order chi connectivity index (χ1) is 9.98. The van der Waals surface area contributed by atoms with Gasteiger partial charge in [-0.05, 0) is 32.8 Å². The number of ether oxygens (including phenoxy) is 1. The Morgan fingerprint density at radius 3 is 2.71 bits per heavy atom. The smallest absolute Gasteiger partial charge is 0.311 e. The Morgan fingerprint density at radius 2 is 2.14 bits per heavy atom. The van der Waals surface area contributed by atoms with Crippen molar-refractivity contribution >= 4 is 11.9 Å². The van der Waals surface area contributed by atoms with E-state index in [0.29, 0.717) is 38.3 Å². The van der Waals surface area contributed by atoms with Gasteiger partial charge in [0.25, 0.3) is 5.91 Å². The normalized spacial score (nSPS) is 17.4. The van der Waals surface area contributed by atoms with Crippen molar-refractivity contribution in [1.29, 1.82) is 0 Å². The van der Waals surface area contributed by atoms with Gasteiger partial charge in [-0.1, -0.05) is 0 Å². The SMILES string of the molecule is CCn1nc(C)cc1C(=O)NCC1(C(=O)O)CCOCC1. The highest BCUT2D eigenvalue weighted by Gasteiger charge is 2.40. The summed E-state index contributed by atoms with van der Waals surface area (Å²) in [5.41, 5.74) is 0.295. The third-order valence-corrected chi connectivity index (χ3v) is 3.93. The Bertz CT molecular complexity index is 532. The minimum atomic E-state index is -0.931. The van der Waals surface area contributed by atoms with Gasteiger partial charge in [-0.2, -0.15) is 5.10 Å². The Kier molecular flexibility index (Phi) is 4.62. The predicted octanol–water partition coefficient (Wildman–Crippen LogP) is 0.823. The minimum Gasteiger partial charge on any atom is -0.481 e. The van der Waals surface area contributed by atoms with Crippen LogP contribution in [0.3, 0.4) is 0 Å². The minimum absolute atomic E-state index is 0.110. The molecule has 0 spiro atoms. The summed E-state index contributed by atoms with van der Waals surface area (Å²) < 4.78 is 6.83. The number of hydrogen-bond acceptors (Lipinski definition) is 4. The van der Waals surface area contributed by atoms with Gasteiger partial charge in [0, 0.05) is 26.3 Å². The molecule has 0 saturated carbocycles. The van der Waals surface area contributed by atoms with Crippen molar-refractivity contribution < 1.29 is 19.4 Å². The lowest BCUT2D eigenvalue weighted by atomic mass is 9.80. The standard InChI is InChI=1S/C14H21N3O4/c1-3-17-11(8-10(2)16-17)12(18)15-9-14(13(19)20)4-6-21-7-5-14/h8H,3-7,9H2,1-2H3,(H,15,18)(H,19,20). The molecule has 21 heavy (non-hydrogen) atoms. The van der Waals surface area contributed by atoms with Crippen LogP contribution in [-0.4, -0.2) is 46.5 Å². The van der Waals surface area contributed by atoms with E-state index in [2.05, 4.69) is 10.4 Å². The van der Waals surface area contributed by atoms with Crippen molar-refractivity contribution in [2.24, 2.45) is 5.41 Å². The molecule has 0 aromatic carbocycles. The van der Waals surface area contributed by atoms with Crippen molar-refractivity contribution in [2.75, 3.05) is 19.8 Å². The Morgan fingerprint density at radius 1 is 1.48 bits per heavy atom. The fourth-order valence-electron chi connectivity index (χ4n) is 2.54. The predicted molar refractivity (Wildman–Crippen MR) is 75.1 cm³/mol. The van der Waals surface area contributed by atoms with Crippen LogP contribution in [0.2, 0.25) is 0 Å². The first kappa shape index (κ1) is 15.5. The fourth-order valence-corrected chi connectivity index (χ4v) is 2.54. The van der Waals surface area contributed by atoms with Gasteiger partial charge in [0.05, 0.1) is 11.1 Å². The number of aliphatic carboxylic acids is 1. The Balaban J connectivity index is 2.06. The second kappa shape index (κ2) is 6.26. The molecule has 1 fully saturated rings. The summed E-state index contributed by atoms with van der Waals surface area (Å²) in [6.07, 6.45) is 0.823. The van der Waals surface area contributed by atoms with E-state index < -0.39 is 11.4 Å². The summed E-state index contributed by atoms with van der Waals surface area (Å²) in [6.45, 7) is 5.25. The van der Waals surface area contributed by atoms with Crippen LogP contribution in [0, 0.1) is 12.3 Å². The molecule has 0 unspecified atom stereocenters. The number of carbonyl (C=O) groups excluding carboxylic acids is 1. The molecule has 7 nitrogen and oxygen atoms in total. The molecule has 7 heteroatoms. The molecule has 1 aliphatic heterocycles. The number of nitrogens with one attached hydrogen (secondary N) is 1. The molecular weight excluding hydrogens is 274 g/mol. The maximum Gasteiger partial charge on any atom is 0.311 e. The van der Waals surface area contributed by atoms with Gasteiger partial charge < -0.3 is 15.2 Å². The summed E-state index contributed by atoms with van der Waals surface area (Å²) in [5, 5.41) is 16.4. The summed E-state index contributed by atoms with van der Waals surface area (Å²) in [4.78, 5) is 23.8. The topological polar surface area (TPSA) is 93.5 Å². The third kappa shape index (κ3) is 3.24. The van der Waals surface area contributed by atoms with E-state index in [0.717, 1.165) is 5.69 Å². The molecule has 1 amide bonds. The quantitative estimate of drug-likeness (QED) is 0.839. The number of carbonyl (C=O) groups is 2. The van der Waals surface area contributed by atoms with Crippen LogP contribution in [0.5, 0.6) is 0 Å². The van der Waals surface area contributed by atoms with Crippen LogP contribution in [-0.2, 0) is 16.1 Å². The largest absolute Gasteiger partial charge is 0.481 e. The summed E-state index contributed by atoms with van der Waals surface area (Å²) in [6, 6.07) is 1.70. The number of rotatable bonds is 5. The van der Waals surface area contributed by atoms with Gasteiger partial charge in [0.1, 0.15) is 5.69 Å². The lowest BCUT2D eigenvalue weighted by Gasteiger charge is -2.33. The zero-order chi connectivity index (χ0) is 15.5. The van der Waals surface area contributed by atoms with Gasteiger partial charge >= 0.3 is 5.97 Å². The monoisotopic (exact) mass is 295 g/mol. The van der Waals surface area contributed by atoms with E-state index in [1.807, 2.05) is 13.8 Å². The second-order valence-corrected chi connectivity index (χ2v) is 5.37. The van der Waals surface area contributed by atoms with Gasteiger partial charge in [-0.3, -0.25) is 14.3 Å². The molecule has 1 aliphatic rings. The molecule has 1 aromatic rings. The van der Waals surface area contributed by atoms with Crippen molar-refractivity contribution in [3.8, 4) is 0 Å². The average Bonchev–Trinajstić information content (AvgIpc) is 2.86. The Hall–Kier alpha value is -1.89. The number of aryl methyl sites for hydroxylation is 2. The molecule has 0 aliphatic carbocycles. The molecule has 116 valence electrons. The first-order valence-electron chi connectivity index (χ1n) is 7.12. The number of amides is 1. The van der Waals surface area contributed by atoms with Gasteiger partial charge in [-0.25, -0.2) is 0 Å². The van der Waals surface area contributed by atoms with E-state index in [4.69, 9.17) is 4.74 Å². The number of hydrogen-bond donors (Lipinski definition) is 2. The van der Waals surface area contributed by atoms with E-state index in [-0.39, 0.29) is 12.5 Å². The van der Waals surface area contributed by atoms with Gasteiger partial charge in [-0.15, -0.1) is 0 Å². The number of nitrogens with zero attached hydrogens (tertiary/aromatic N) is 2. The van der Waals surface area contributed by atoms with E-state index >= 15 is 0 Å². The van der Waals surface area contributed by atoms with E-state index in [9.17, 15) is 14.7 Å². The molecule has 0 radical (unpaired) electrons. The first-order valence-corrected chi connectivity index (χ1v) is 7.12. The zero-order valence-electron chi connectivity index (χ0n) is 12.4. The molecule has 1 saturated heterocycles. The molecule has 2 heterocycles. The van der Waals surface area contributed by atoms with Crippen molar-refractivity contribution in [1.82, 2.24) is 15.1 Å². The number of carboxylic acids is 1. The maximum atomic E-state index is 12.2. The average molecular weight is 295 g/mol. The van der Waals surface area contributed by atoms with E-state index in [1.165, 1.54) is 0 Å². The maximum absolute atomic E-state index is 12.2. The highest BCUT2D eigenvalue weighted by Crippen LogP contribution is 2.30. The number of aromatic nitrogens is 2. The van der Waals surface area contributed by atoms with Crippen LogP contribution in [0.4, 0.5) is 0 Å². The third-order valence-electron chi connectivity index (χ3n) is 3.93. The lowest BCUT2D eigenvalue weighted by molar-refractivity contribution is -0.154. The van der Waals surface area contributed by atoms with Crippen LogP contribution in [0.1, 0.15) is 35.9 Å². The van der Waals surface area contributed by atoms with Crippen LogP contribution < -0.4 is 5.32 Å². The van der Waals surface area contributed by atoms with Crippen molar-refractivity contribution in [3.63, 3.8) is 0 Å². The second-order valence-electron chi connectivity index (χ2n) is 5.37.